The molecule has 0 unspecified atom stereocenters. The molecule has 2 heterocycles. The predicted molar refractivity (Wildman–Crippen MR) is 93.9 cm³/mol. The molecule has 0 N–H and O–H groups in total. The molecule has 24 heavy (non-hydrogen) atoms. The van der Waals surface area contributed by atoms with Gasteiger partial charge < -0.3 is 9.26 Å². The van der Waals surface area contributed by atoms with Crippen molar-refractivity contribution in [3.05, 3.63) is 60.2 Å². The summed E-state index contributed by atoms with van der Waals surface area (Å²) in [6, 6.07) is 18.5. The van der Waals surface area contributed by atoms with E-state index in [0.29, 0.717) is 11.8 Å². The highest BCUT2D eigenvalue weighted by Gasteiger charge is 2.20. The zero-order valence-electron chi connectivity index (χ0n) is 13.7. The van der Waals surface area contributed by atoms with Gasteiger partial charge in [-0.15, -0.1) is 0 Å². The largest absolute Gasteiger partial charge is 0.475 e. The van der Waals surface area contributed by atoms with Crippen LogP contribution in [0.5, 0.6) is 5.88 Å². The van der Waals surface area contributed by atoms with Crippen molar-refractivity contribution in [1.29, 1.82) is 0 Å². The number of likely N-dealkylation sites (tertiary alicyclic amines) is 1. The van der Waals surface area contributed by atoms with E-state index in [9.17, 15) is 0 Å². The molecule has 3 aromatic rings. The lowest BCUT2D eigenvalue weighted by Gasteiger charge is -2.31. The fourth-order valence-electron chi connectivity index (χ4n) is 3.32. The summed E-state index contributed by atoms with van der Waals surface area (Å²) in [6.07, 6.45) is 2.34. The van der Waals surface area contributed by atoms with E-state index in [2.05, 4.69) is 40.4 Å². The molecule has 2 aromatic carbocycles. The lowest BCUT2D eigenvalue weighted by molar-refractivity contribution is 0.133. The van der Waals surface area contributed by atoms with Crippen LogP contribution in [0.2, 0.25) is 0 Å². The van der Waals surface area contributed by atoms with Gasteiger partial charge in [-0.2, -0.15) is 0 Å². The van der Waals surface area contributed by atoms with Crippen LogP contribution in [-0.4, -0.2) is 29.8 Å². The minimum Gasteiger partial charge on any atom is -0.475 e. The van der Waals surface area contributed by atoms with Crippen molar-refractivity contribution in [3.63, 3.8) is 0 Å². The number of piperidine rings is 1. The Kier molecular flexibility index (Phi) is 4.47. The fourth-order valence-corrected chi connectivity index (χ4v) is 3.32. The first kappa shape index (κ1) is 15.2. The van der Waals surface area contributed by atoms with Crippen LogP contribution >= 0.6 is 0 Å². The van der Waals surface area contributed by atoms with E-state index < -0.39 is 0 Å². The van der Waals surface area contributed by atoms with Crippen LogP contribution in [0.4, 0.5) is 0 Å². The highest BCUT2D eigenvalue weighted by Crippen LogP contribution is 2.26. The van der Waals surface area contributed by atoms with Gasteiger partial charge in [0.1, 0.15) is 0 Å². The lowest BCUT2D eigenvalue weighted by atomic mass is 9.97. The summed E-state index contributed by atoms with van der Waals surface area (Å²) in [5.74, 6) is 1.21. The van der Waals surface area contributed by atoms with Gasteiger partial charge >= 0.3 is 0 Å². The number of benzene rings is 2. The molecule has 4 nitrogen and oxygen atoms in total. The number of rotatable bonds is 5. The van der Waals surface area contributed by atoms with Gasteiger partial charge in [0.15, 0.2) is 5.58 Å². The van der Waals surface area contributed by atoms with Crippen LogP contribution in [0.1, 0.15) is 18.4 Å². The predicted octanol–water partition coefficient (Wildman–Crippen LogP) is 4.12. The van der Waals surface area contributed by atoms with Crippen LogP contribution < -0.4 is 4.74 Å². The molecule has 1 saturated heterocycles. The molecule has 1 aliphatic rings. The molecule has 0 bridgehead atoms. The highest BCUT2D eigenvalue weighted by atomic mass is 16.5. The third-order valence-electron chi connectivity index (χ3n) is 4.76. The second kappa shape index (κ2) is 7.05. The SMILES string of the molecule is c1ccc(CN2CCC(COc3noc4ccccc34)CC2)cc1. The summed E-state index contributed by atoms with van der Waals surface area (Å²) in [4.78, 5) is 2.53. The Bertz CT molecular complexity index is 776. The average molecular weight is 322 g/mol. The van der Waals surface area contributed by atoms with Crippen molar-refractivity contribution < 1.29 is 9.26 Å². The molecule has 0 spiro atoms. The van der Waals surface area contributed by atoms with Crippen molar-refractivity contribution in [2.24, 2.45) is 5.92 Å². The van der Waals surface area contributed by atoms with E-state index >= 15 is 0 Å². The zero-order valence-corrected chi connectivity index (χ0v) is 13.7. The minimum absolute atomic E-state index is 0.590. The summed E-state index contributed by atoms with van der Waals surface area (Å²) in [6.45, 7) is 4.02. The molecule has 0 aliphatic carbocycles. The number of ether oxygens (including phenoxy) is 1. The highest BCUT2D eigenvalue weighted by molar-refractivity contribution is 5.81. The molecule has 4 rings (SSSR count). The summed E-state index contributed by atoms with van der Waals surface area (Å²) in [5.41, 5.74) is 2.17. The van der Waals surface area contributed by atoms with Gasteiger partial charge in [0, 0.05) is 6.54 Å². The molecule has 0 saturated carbocycles. The maximum Gasteiger partial charge on any atom is 0.262 e. The molecule has 1 aliphatic heterocycles. The smallest absolute Gasteiger partial charge is 0.262 e. The van der Waals surface area contributed by atoms with Crippen molar-refractivity contribution in [3.8, 4) is 5.88 Å². The summed E-state index contributed by atoms with van der Waals surface area (Å²) in [7, 11) is 0. The van der Waals surface area contributed by atoms with Crippen LogP contribution in [0.25, 0.3) is 11.0 Å². The Labute approximate surface area is 142 Å². The van der Waals surface area contributed by atoms with E-state index in [-0.39, 0.29) is 0 Å². The molecule has 1 aromatic heterocycles. The number of nitrogens with zero attached hydrogens (tertiary/aromatic N) is 2. The zero-order chi connectivity index (χ0) is 16.2. The maximum atomic E-state index is 5.93. The number of aromatic nitrogens is 1. The van der Waals surface area contributed by atoms with Gasteiger partial charge in [-0.1, -0.05) is 42.5 Å². The minimum atomic E-state index is 0.590. The van der Waals surface area contributed by atoms with Crippen molar-refractivity contribution in [2.45, 2.75) is 19.4 Å². The lowest BCUT2D eigenvalue weighted by Crippen LogP contribution is -2.35. The van der Waals surface area contributed by atoms with Gasteiger partial charge in [0.25, 0.3) is 5.88 Å². The number of hydrogen-bond acceptors (Lipinski definition) is 4. The molecule has 0 amide bonds. The van der Waals surface area contributed by atoms with E-state index in [1.165, 1.54) is 18.4 Å². The third kappa shape index (κ3) is 3.44. The van der Waals surface area contributed by atoms with Gasteiger partial charge in [0.2, 0.25) is 0 Å². The molecule has 0 radical (unpaired) electrons. The van der Waals surface area contributed by atoms with Crippen LogP contribution in [0.3, 0.4) is 0 Å². The summed E-state index contributed by atoms with van der Waals surface area (Å²) < 4.78 is 11.2. The second-order valence-corrected chi connectivity index (χ2v) is 6.50. The Balaban J connectivity index is 1.27. The maximum absolute atomic E-state index is 5.93. The summed E-state index contributed by atoms with van der Waals surface area (Å²) in [5, 5.41) is 5.00. The first-order valence-corrected chi connectivity index (χ1v) is 8.62. The fraction of sp³-hybridized carbons (Fsp3) is 0.350. The van der Waals surface area contributed by atoms with Gasteiger partial charge in [-0.3, -0.25) is 4.90 Å². The van der Waals surface area contributed by atoms with Crippen molar-refractivity contribution in [1.82, 2.24) is 10.1 Å². The molecular formula is C20H22N2O2. The standard InChI is InChI=1S/C20H22N2O2/c1-2-6-16(7-3-1)14-22-12-10-17(11-13-22)15-23-20-18-8-4-5-9-19(18)24-21-20/h1-9,17H,10-15H2. The first-order chi connectivity index (χ1) is 11.9. The molecule has 1 fully saturated rings. The topological polar surface area (TPSA) is 38.5 Å². The van der Waals surface area contributed by atoms with Crippen LogP contribution in [0, 0.1) is 5.92 Å². The third-order valence-corrected chi connectivity index (χ3v) is 4.76. The Morgan fingerprint density at radius 1 is 1.00 bits per heavy atom. The average Bonchev–Trinajstić information content (AvgIpc) is 3.05. The van der Waals surface area contributed by atoms with Gasteiger partial charge in [-0.25, -0.2) is 0 Å². The van der Waals surface area contributed by atoms with E-state index in [4.69, 9.17) is 9.26 Å². The molecular weight excluding hydrogens is 300 g/mol. The van der Waals surface area contributed by atoms with E-state index in [1.54, 1.807) is 0 Å². The van der Waals surface area contributed by atoms with Crippen LogP contribution in [0.15, 0.2) is 59.1 Å². The van der Waals surface area contributed by atoms with Crippen LogP contribution in [-0.2, 0) is 6.54 Å². The van der Waals surface area contributed by atoms with Gasteiger partial charge in [0.05, 0.1) is 12.0 Å². The summed E-state index contributed by atoms with van der Waals surface area (Å²) >= 11 is 0. The number of hydrogen-bond donors (Lipinski definition) is 0. The Morgan fingerprint density at radius 2 is 1.75 bits per heavy atom. The normalized spacial score (nSPS) is 16.5. The first-order valence-electron chi connectivity index (χ1n) is 8.62. The Morgan fingerprint density at radius 3 is 2.58 bits per heavy atom. The number of para-hydroxylation sites is 1. The van der Waals surface area contributed by atoms with Crippen molar-refractivity contribution >= 4 is 11.0 Å². The monoisotopic (exact) mass is 322 g/mol. The van der Waals surface area contributed by atoms with Crippen molar-refractivity contribution in [2.75, 3.05) is 19.7 Å². The molecule has 124 valence electrons. The van der Waals surface area contributed by atoms with E-state index in [0.717, 1.165) is 37.2 Å². The molecule has 0 atom stereocenters. The van der Waals surface area contributed by atoms with E-state index in [1.807, 2.05) is 24.3 Å². The quantitative estimate of drug-likeness (QED) is 0.708. The van der Waals surface area contributed by atoms with Gasteiger partial charge in [-0.05, 0) is 54.7 Å². The number of fused-ring (bicyclic) bond motifs is 1. The Hall–Kier alpha value is -2.33. The second-order valence-electron chi connectivity index (χ2n) is 6.50. The molecule has 4 heteroatoms.